The lowest BCUT2D eigenvalue weighted by Crippen LogP contribution is -2.46. The van der Waals surface area contributed by atoms with Gasteiger partial charge in [0, 0.05) is 49.1 Å². The first kappa shape index (κ1) is 18.6. The normalized spacial score (nSPS) is 16.3. The molecule has 27 heavy (non-hydrogen) atoms. The number of nitrogens with zero attached hydrogens (tertiary/aromatic N) is 6. The molecule has 0 bridgehead atoms. The van der Waals surface area contributed by atoms with E-state index in [0.29, 0.717) is 17.2 Å². The van der Waals surface area contributed by atoms with Crippen molar-refractivity contribution in [3.8, 4) is 0 Å². The van der Waals surface area contributed by atoms with Gasteiger partial charge in [-0.2, -0.15) is 0 Å². The molecule has 1 aromatic carbocycles. The minimum Gasteiger partial charge on any atom is -0.297 e. The minimum absolute atomic E-state index is 0.678. The Bertz CT molecular complexity index is 1020. The molecule has 8 heteroatoms. The minimum atomic E-state index is 0.678. The van der Waals surface area contributed by atoms with E-state index in [4.69, 9.17) is 23.8 Å². The van der Waals surface area contributed by atoms with Gasteiger partial charge in [-0.1, -0.05) is 23.7 Å². The summed E-state index contributed by atoms with van der Waals surface area (Å²) in [5.74, 6) is 0.678. The predicted octanol–water partition coefficient (Wildman–Crippen LogP) is 3.31. The Morgan fingerprint density at radius 2 is 1.81 bits per heavy atom. The zero-order valence-electron chi connectivity index (χ0n) is 15.6. The van der Waals surface area contributed by atoms with E-state index >= 15 is 0 Å². The molecule has 142 valence electrons. The van der Waals surface area contributed by atoms with Crippen molar-refractivity contribution in [2.24, 2.45) is 0 Å². The number of halogens is 1. The quantitative estimate of drug-likeness (QED) is 0.626. The number of aryl methyl sites for hydroxylation is 2. The van der Waals surface area contributed by atoms with E-state index in [0.717, 1.165) is 49.1 Å². The highest BCUT2D eigenvalue weighted by atomic mass is 35.5. The molecule has 0 saturated carbocycles. The lowest BCUT2D eigenvalue weighted by Gasteiger charge is -2.34. The standard InChI is InChI=1S/C19H23ClN6S/c1-14-10-15(2)26-18(21-14)22-25(19(26)27)13-24-8-6-23(7-9-24)12-16-4-3-5-17(20)11-16/h3-5,10-11H,6-9,12-13H2,1-2H3. The SMILES string of the molecule is Cc1cc(C)n2c(=S)n(CN3CCN(Cc4cccc(Cl)c4)CC3)nc2n1. The van der Waals surface area contributed by atoms with Crippen LogP contribution in [-0.4, -0.2) is 55.1 Å². The summed E-state index contributed by atoms with van der Waals surface area (Å²) in [6.45, 7) is 9.67. The lowest BCUT2D eigenvalue weighted by atomic mass is 10.2. The fraction of sp³-hybridized carbons (Fsp3) is 0.421. The van der Waals surface area contributed by atoms with Crippen LogP contribution in [0, 0.1) is 18.6 Å². The highest BCUT2D eigenvalue weighted by Gasteiger charge is 2.19. The molecule has 0 radical (unpaired) electrons. The number of hydrogen-bond donors (Lipinski definition) is 0. The first-order valence-electron chi connectivity index (χ1n) is 9.12. The summed E-state index contributed by atoms with van der Waals surface area (Å²) in [5, 5.41) is 5.42. The fourth-order valence-corrected chi connectivity index (χ4v) is 4.14. The van der Waals surface area contributed by atoms with Gasteiger partial charge in [-0.3, -0.25) is 14.2 Å². The van der Waals surface area contributed by atoms with Gasteiger partial charge in [0.25, 0.3) is 5.78 Å². The molecule has 3 heterocycles. The second-order valence-corrected chi connectivity index (χ2v) is 7.92. The van der Waals surface area contributed by atoms with Crippen LogP contribution >= 0.6 is 23.8 Å². The van der Waals surface area contributed by atoms with Crippen molar-refractivity contribution in [1.82, 2.24) is 29.0 Å². The summed E-state index contributed by atoms with van der Waals surface area (Å²) < 4.78 is 4.53. The Morgan fingerprint density at radius 3 is 2.56 bits per heavy atom. The van der Waals surface area contributed by atoms with Crippen LogP contribution in [0.3, 0.4) is 0 Å². The maximum Gasteiger partial charge on any atom is 0.254 e. The van der Waals surface area contributed by atoms with E-state index in [1.165, 1.54) is 5.56 Å². The first-order chi connectivity index (χ1) is 13.0. The molecule has 0 amide bonds. The number of rotatable bonds is 4. The van der Waals surface area contributed by atoms with Crippen LogP contribution < -0.4 is 0 Å². The Morgan fingerprint density at radius 1 is 1.07 bits per heavy atom. The van der Waals surface area contributed by atoms with Crippen LogP contribution in [0.1, 0.15) is 17.0 Å². The van der Waals surface area contributed by atoms with Crippen LogP contribution in [-0.2, 0) is 13.2 Å². The second kappa shape index (κ2) is 7.67. The first-order valence-corrected chi connectivity index (χ1v) is 9.91. The van der Waals surface area contributed by atoms with Crippen LogP contribution in [0.5, 0.6) is 0 Å². The third kappa shape index (κ3) is 4.06. The van der Waals surface area contributed by atoms with Gasteiger partial charge in [-0.15, -0.1) is 5.10 Å². The zero-order valence-corrected chi connectivity index (χ0v) is 17.2. The smallest absolute Gasteiger partial charge is 0.254 e. The summed E-state index contributed by atoms with van der Waals surface area (Å²) in [7, 11) is 0. The number of benzene rings is 1. The average molecular weight is 403 g/mol. The van der Waals surface area contributed by atoms with Crippen molar-refractivity contribution in [2.45, 2.75) is 27.1 Å². The fourth-order valence-electron chi connectivity index (χ4n) is 3.60. The van der Waals surface area contributed by atoms with Gasteiger partial charge in [0.2, 0.25) is 4.77 Å². The predicted molar refractivity (Wildman–Crippen MR) is 110 cm³/mol. The molecule has 0 atom stereocenters. The van der Waals surface area contributed by atoms with Crippen molar-refractivity contribution in [3.05, 3.63) is 57.1 Å². The lowest BCUT2D eigenvalue weighted by molar-refractivity contribution is 0.0982. The summed E-state index contributed by atoms with van der Waals surface area (Å²) in [5.41, 5.74) is 3.29. The highest BCUT2D eigenvalue weighted by Crippen LogP contribution is 2.14. The van der Waals surface area contributed by atoms with Gasteiger partial charge in [0.1, 0.15) is 0 Å². The van der Waals surface area contributed by atoms with Gasteiger partial charge >= 0.3 is 0 Å². The molecule has 2 aromatic heterocycles. The molecular weight excluding hydrogens is 380 g/mol. The van der Waals surface area contributed by atoms with Gasteiger partial charge in [-0.25, -0.2) is 9.67 Å². The van der Waals surface area contributed by atoms with E-state index in [2.05, 4.69) is 25.9 Å². The molecule has 4 rings (SSSR count). The Hall–Kier alpha value is -1.80. The Kier molecular flexibility index (Phi) is 5.27. The zero-order chi connectivity index (χ0) is 19.0. The van der Waals surface area contributed by atoms with Gasteiger partial charge in [0.15, 0.2) is 0 Å². The van der Waals surface area contributed by atoms with E-state index in [1.807, 2.05) is 47.2 Å². The second-order valence-electron chi connectivity index (χ2n) is 7.12. The van der Waals surface area contributed by atoms with E-state index in [1.54, 1.807) is 0 Å². The van der Waals surface area contributed by atoms with Gasteiger partial charge in [0.05, 0.1) is 6.67 Å². The van der Waals surface area contributed by atoms with Crippen molar-refractivity contribution in [1.29, 1.82) is 0 Å². The van der Waals surface area contributed by atoms with E-state index < -0.39 is 0 Å². The van der Waals surface area contributed by atoms with Gasteiger partial charge in [-0.05, 0) is 49.8 Å². The topological polar surface area (TPSA) is 41.6 Å². The van der Waals surface area contributed by atoms with E-state index in [-0.39, 0.29) is 0 Å². The molecule has 1 aliphatic rings. The number of piperazine rings is 1. The van der Waals surface area contributed by atoms with Crippen LogP contribution in [0.4, 0.5) is 0 Å². The number of fused-ring (bicyclic) bond motifs is 1. The molecular formula is C19H23ClN6S. The van der Waals surface area contributed by atoms with Gasteiger partial charge < -0.3 is 0 Å². The number of hydrogen-bond acceptors (Lipinski definition) is 5. The van der Waals surface area contributed by atoms with Crippen molar-refractivity contribution in [3.63, 3.8) is 0 Å². The highest BCUT2D eigenvalue weighted by molar-refractivity contribution is 7.71. The van der Waals surface area contributed by atoms with Crippen molar-refractivity contribution in [2.75, 3.05) is 26.2 Å². The third-order valence-corrected chi connectivity index (χ3v) is 5.59. The molecule has 6 nitrogen and oxygen atoms in total. The van der Waals surface area contributed by atoms with Crippen molar-refractivity contribution >= 4 is 29.6 Å². The largest absolute Gasteiger partial charge is 0.297 e. The summed E-state index contributed by atoms with van der Waals surface area (Å²) in [6.07, 6.45) is 0. The molecule has 0 N–H and O–H groups in total. The van der Waals surface area contributed by atoms with Crippen LogP contribution in [0.15, 0.2) is 30.3 Å². The molecule has 0 unspecified atom stereocenters. The van der Waals surface area contributed by atoms with Crippen LogP contribution in [0.25, 0.3) is 5.78 Å². The summed E-state index contributed by atoms with van der Waals surface area (Å²) in [6, 6.07) is 10.1. The molecule has 0 spiro atoms. The Balaban J connectivity index is 1.41. The molecule has 0 aliphatic carbocycles. The number of aromatic nitrogens is 4. The maximum atomic E-state index is 6.09. The third-order valence-electron chi connectivity index (χ3n) is 4.96. The summed E-state index contributed by atoms with van der Waals surface area (Å²) in [4.78, 5) is 9.35. The Labute approximate surface area is 169 Å². The van der Waals surface area contributed by atoms with Crippen molar-refractivity contribution < 1.29 is 0 Å². The maximum absolute atomic E-state index is 6.09. The monoisotopic (exact) mass is 402 g/mol. The molecule has 1 saturated heterocycles. The summed E-state index contributed by atoms with van der Waals surface area (Å²) >= 11 is 11.7. The average Bonchev–Trinajstić information content (AvgIpc) is 2.92. The van der Waals surface area contributed by atoms with E-state index in [9.17, 15) is 0 Å². The molecule has 1 fully saturated rings. The van der Waals surface area contributed by atoms with Crippen LogP contribution in [0.2, 0.25) is 5.02 Å². The molecule has 3 aromatic rings. The molecule has 1 aliphatic heterocycles.